The highest BCUT2D eigenvalue weighted by Gasteiger charge is 2.43. The Bertz CT molecular complexity index is 417. The van der Waals surface area contributed by atoms with Crippen LogP contribution in [0, 0.1) is 5.92 Å². The van der Waals surface area contributed by atoms with Crippen molar-refractivity contribution in [1.29, 1.82) is 0 Å². The molecule has 0 saturated carbocycles. The van der Waals surface area contributed by atoms with Crippen LogP contribution in [0.2, 0.25) is 0 Å². The zero-order chi connectivity index (χ0) is 12.5. The topological polar surface area (TPSA) is 40.5 Å². The standard InChI is InChI=1S/C15H19NO2/c17-15(18)16-13-6-7-14(16)10-12(9-13)8-11-4-2-1-3-5-11/h1-5,12-14H,6-10H2,(H,17,18)/t12?,13-,14+. The molecule has 1 N–H and O–H groups in total. The number of nitrogens with zero attached hydrogens (tertiary/aromatic N) is 1. The van der Waals surface area contributed by atoms with Crippen LogP contribution >= 0.6 is 0 Å². The lowest BCUT2D eigenvalue weighted by Gasteiger charge is -2.37. The van der Waals surface area contributed by atoms with Crippen molar-refractivity contribution in [1.82, 2.24) is 4.90 Å². The van der Waals surface area contributed by atoms with Gasteiger partial charge in [0.25, 0.3) is 0 Å². The fourth-order valence-electron chi connectivity index (χ4n) is 3.72. The first-order chi connectivity index (χ1) is 8.74. The van der Waals surface area contributed by atoms with Gasteiger partial charge in [-0.3, -0.25) is 0 Å². The van der Waals surface area contributed by atoms with Crippen LogP contribution in [0.25, 0.3) is 0 Å². The summed E-state index contributed by atoms with van der Waals surface area (Å²) < 4.78 is 0. The third-order valence-electron chi connectivity index (χ3n) is 4.42. The van der Waals surface area contributed by atoms with Gasteiger partial charge in [0.05, 0.1) is 0 Å². The SMILES string of the molecule is O=C(O)N1[C@@H]2CC[C@H]1CC(Cc1ccccc1)C2. The first kappa shape index (κ1) is 11.6. The van der Waals surface area contributed by atoms with Crippen LogP contribution in [0.1, 0.15) is 31.2 Å². The second kappa shape index (κ2) is 4.63. The summed E-state index contributed by atoms with van der Waals surface area (Å²) in [6, 6.07) is 11.1. The molecule has 2 bridgehead atoms. The normalized spacial score (nSPS) is 30.4. The van der Waals surface area contributed by atoms with Crippen molar-refractivity contribution in [2.24, 2.45) is 5.92 Å². The minimum atomic E-state index is -0.722. The Morgan fingerprint density at radius 2 is 1.78 bits per heavy atom. The molecule has 0 aromatic heterocycles. The number of hydrogen-bond donors (Lipinski definition) is 1. The Morgan fingerprint density at radius 3 is 2.33 bits per heavy atom. The van der Waals surface area contributed by atoms with E-state index in [0.29, 0.717) is 5.92 Å². The molecule has 2 saturated heterocycles. The number of amides is 1. The van der Waals surface area contributed by atoms with Gasteiger partial charge in [-0.15, -0.1) is 0 Å². The first-order valence-corrected chi connectivity index (χ1v) is 6.79. The highest BCUT2D eigenvalue weighted by molar-refractivity contribution is 5.66. The molecule has 1 aromatic carbocycles. The third-order valence-corrected chi connectivity index (χ3v) is 4.42. The molecule has 1 amide bonds. The van der Waals surface area contributed by atoms with Crippen LogP contribution in [0.3, 0.4) is 0 Å². The molecule has 3 heteroatoms. The molecule has 3 atom stereocenters. The summed E-state index contributed by atoms with van der Waals surface area (Å²) in [7, 11) is 0. The van der Waals surface area contributed by atoms with Crippen LogP contribution in [-0.2, 0) is 6.42 Å². The fourth-order valence-corrected chi connectivity index (χ4v) is 3.72. The molecule has 2 heterocycles. The lowest BCUT2D eigenvalue weighted by atomic mass is 9.86. The summed E-state index contributed by atoms with van der Waals surface area (Å²) in [6.07, 6.45) is 4.57. The van der Waals surface area contributed by atoms with Crippen LogP contribution < -0.4 is 0 Å². The van der Waals surface area contributed by atoms with Crippen LogP contribution in [0.4, 0.5) is 4.79 Å². The van der Waals surface area contributed by atoms with Gasteiger partial charge in [-0.25, -0.2) is 4.79 Å². The number of benzene rings is 1. The van der Waals surface area contributed by atoms with E-state index in [2.05, 4.69) is 24.3 Å². The summed E-state index contributed by atoms with van der Waals surface area (Å²) >= 11 is 0. The Balaban J connectivity index is 1.67. The molecule has 2 aliphatic rings. The van der Waals surface area contributed by atoms with Crippen molar-refractivity contribution in [3.63, 3.8) is 0 Å². The fraction of sp³-hybridized carbons (Fsp3) is 0.533. The average Bonchev–Trinajstić information content (AvgIpc) is 2.63. The predicted octanol–water partition coefficient (Wildman–Crippen LogP) is 3.15. The molecule has 1 aromatic rings. The van der Waals surface area contributed by atoms with Gasteiger partial charge in [-0.1, -0.05) is 30.3 Å². The maximum atomic E-state index is 11.2. The number of fused-ring (bicyclic) bond motifs is 2. The van der Waals surface area contributed by atoms with Crippen molar-refractivity contribution in [3.05, 3.63) is 35.9 Å². The van der Waals surface area contributed by atoms with E-state index in [1.54, 1.807) is 4.90 Å². The van der Waals surface area contributed by atoms with Gasteiger partial charge in [0, 0.05) is 12.1 Å². The average molecular weight is 245 g/mol. The van der Waals surface area contributed by atoms with E-state index in [1.807, 2.05) is 6.07 Å². The zero-order valence-electron chi connectivity index (χ0n) is 10.5. The van der Waals surface area contributed by atoms with Crippen molar-refractivity contribution < 1.29 is 9.90 Å². The van der Waals surface area contributed by atoms with E-state index < -0.39 is 6.09 Å². The molecular formula is C15H19NO2. The molecule has 0 radical (unpaired) electrons. The van der Waals surface area contributed by atoms with Crippen molar-refractivity contribution >= 4 is 6.09 Å². The molecule has 0 spiro atoms. The maximum Gasteiger partial charge on any atom is 0.407 e. The van der Waals surface area contributed by atoms with Crippen LogP contribution in [0.5, 0.6) is 0 Å². The van der Waals surface area contributed by atoms with E-state index in [1.165, 1.54) is 5.56 Å². The first-order valence-electron chi connectivity index (χ1n) is 6.79. The minimum absolute atomic E-state index is 0.273. The summed E-state index contributed by atoms with van der Waals surface area (Å²) in [4.78, 5) is 12.9. The number of carbonyl (C=O) groups is 1. The molecule has 3 rings (SSSR count). The molecule has 0 aliphatic carbocycles. The van der Waals surface area contributed by atoms with E-state index in [4.69, 9.17) is 0 Å². The van der Waals surface area contributed by atoms with Crippen molar-refractivity contribution in [2.75, 3.05) is 0 Å². The number of rotatable bonds is 2. The molecule has 2 aliphatic heterocycles. The minimum Gasteiger partial charge on any atom is -0.465 e. The molecule has 2 fully saturated rings. The predicted molar refractivity (Wildman–Crippen MR) is 69.5 cm³/mol. The van der Waals surface area contributed by atoms with Crippen molar-refractivity contribution in [3.8, 4) is 0 Å². The lowest BCUT2D eigenvalue weighted by molar-refractivity contribution is 0.0850. The van der Waals surface area contributed by atoms with Gasteiger partial charge in [0.1, 0.15) is 0 Å². The van der Waals surface area contributed by atoms with Crippen LogP contribution in [-0.4, -0.2) is 28.2 Å². The highest BCUT2D eigenvalue weighted by Crippen LogP contribution is 2.39. The summed E-state index contributed by atoms with van der Waals surface area (Å²) in [5, 5.41) is 9.22. The zero-order valence-corrected chi connectivity index (χ0v) is 10.5. The Morgan fingerprint density at radius 1 is 1.17 bits per heavy atom. The summed E-state index contributed by atoms with van der Waals surface area (Å²) in [6.45, 7) is 0. The van der Waals surface area contributed by atoms with Gasteiger partial charge in [0.15, 0.2) is 0 Å². The quantitative estimate of drug-likeness (QED) is 0.869. The molecule has 96 valence electrons. The second-order valence-electron chi connectivity index (χ2n) is 5.60. The molecular weight excluding hydrogens is 226 g/mol. The van der Waals surface area contributed by atoms with E-state index >= 15 is 0 Å². The molecule has 3 nitrogen and oxygen atoms in total. The largest absolute Gasteiger partial charge is 0.465 e. The summed E-state index contributed by atoms with van der Waals surface area (Å²) in [5.74, 6) is 0.653. The van der Waals surface area contributed by atoms with Crippen molar-refractivity contribution in [2.45, 2.75) is 44.2 Å². The van der Waals surface area contributed by atoms with Gasteiger partial charge >= 0.3 is 6.09 Å². The smallest absolute Gasteiger partial charge is 0.407 e. The monoisotopic (exact) mass is 245 g/mol. The number of carboxylic acid groups (broad SMARTS) is 1. The van der Waals surface area contributed by atoms with Gasteiger partial charge < -0.3 is 10.0 Å². The van der Waals surface area contributed by atoms with Gasteiger partial charge in [-0.2, -0.15) is 0 Å². The number of piperidine rings is 1. The van der Waals surface area contributed by atoms with Crippen LogP contribution in [0.15, 0.2) is 30.3 Å². The Kier molecular flexibility index (Phi) is 2.98. The Labute approximate surface area is 107 Å². The molecule has 1 unspecified atom stereocenters. The van der Waals surface area contributed by atoms with E-state index in [9.17, 15) is 9.90 Å². The number of hydrogen-bond acceptors (Lipinski definition) is 1. The maximum absolute atomic E-state index is 11.2. The lowest BCUT2D eigenvalue weighted by Crippen LogP contribution is -2.46. The third kappa shape index (κ3) is 2.09. The summed E-state index contributed by atoms with van der Waals surface area (Å²) in [5.41, 5.74) is 1.38. The Hall–Kier alpha value is -1.51. The second-order valence-corrected chi connectivity index (χ2v) is 5.60. The van der Waals surface area contributed by atoms with E-state index in [-0.39, 0.29) is 12.1 Å². The van der Waals surface area contributed by atoms with Gasteiger partial charge in [0.2, 0.25) is 0 Å². The van der Waals surface area contributed by atoms with Gasteiger partial charge in [-0.05, 0) is 43.6 Å². The van der Waals surface area contributed by atoms with E-state index in [0.717, 1.165) is 32.1 Å². The molecule has 18 heavy (non-hydrogen) atoms. The highest BCUT2D eigenvalue weighted by atomic mass is 16.4.